The number of nitrogens with zero attached hydrogens (tertiary/aromatic N) is 3. The fourth-order valence-electron chi connectivity index (χ4n) is 6.02. The number of pyridine rings is 1. The summed E-state index contributed by atoms with van der Waals surface area (Å²) in [7, 11) is 0. The van der Waals surface area contributed by atoms with E-state index in [9.17, 15) is 9.59 Å². The lowest BCUT2D eigenvalue weighted by molar-refractivity contribution is -0.362. The molecule has 1 aliphatic carbocycles. The number of H-pyrrole nitrogens is 1. The van der Waals surface area contributed by atoms with Crippen LogP contribution in [0, 0.1) is 0 Å². The van der Waals surface area contributed by atoms with Crippen LogP contribution in [0.15, 0.2) is 59.7 Å². The molecule has 0 unspecified atom stereocenters. The Labute approximate surface area is 227 Å². The number of nitrogens with two attached hydrogens (primary N) is 1. The zero-order valence-electron chi connectivity index (χ0n) is 22.5. The molecule has 0 atom stereocenters. The van der Waals surface area contributed by atoms with Crippen LogP contribution in [0.2, 0.25) is 0 Å². The number of anilines is 2. The smallest absolute Gasteiger partial charge is 0.365 e. The predicted molar refractivity (Wildman–Crippen MR) is 153 cm³/mol. The SMILES string of the molecule is CC(C)N1CCC(c2ccc(Nc3nc4c(c[nH+]3)c(=O)c(C(N)=O)cn4-c3ccc4c(c3)CCC4)cc2)CC1. The molecule has 2 aromatic heterocycles. The van der Waals surface area contributed by atoms with E-state index in [0.29, 0.717) is 28.9 Å². The molecular formula is C31H35N6O2+. The number of benzene rings is 2. The molecule has 2 aromatic carbocycles. The zero-order chi connectivity index (χ0) is 27.1. The summed E-state index contributed by atoms with van der Waals surface area (Å²) >= 11 is 0. The van der Waals surface area contributed by atoms with Gasteiger partial charge in [-0.15, -0.1) is 0 Å². The number of aromatic nitrogens is 3. The largest absolute Gasteiger partial charge is 0.396 e. The van der Waals surface area contributed by atoms with Crippen LogP contribution < -0.4 is 21.5 Å². The number of fused-ring (bicyclic) bond motifs is 2. The number of amides is 1. The van der Waals surface area contributed by atoms with E-state index in [4.69, 9.17) is 10.7 Å². The molecule has 200 valence electrons. The minimum absolute atomic E-state index is 0.0614. The topological polar surface area (TPSA) is 107 Å². The second-order valence-corrected chi connectivity index (χ2v) is 11.1. The third-order valence-corrected chi connectivity index (χ3v) is 8.32. The molecule has 1 aliphatic heterocycles. The molecule has 1 amide bonds. The summed E-state index contributed by atoms with van der Waals surface area (Å²) < 4.78 is 1.79. The number of hydrogen-bond donors (Lipinski definition) is 2. The van der Waals surface area contributed by atoms with Gasteiger partial charge in [-0.25, -0.2) is 10.3 Å². The molecule has 8 nitrogen and oxygen atoms in total. The molecule has 4 N–H and O–H groups in total. The normalized spacial score (nSPS) is 16.1. The molecule has 1 fully saturated rings. The highest BCUT2D eigenvalue weighted by atomic mass is 16.2. The number of hydrogen-bond acceptors (Lipinski definition) is 5. The van der Waals surface area contributed by atoms with E-state index in [1.807, 2.05) is 6.07 Å². The lowest BCUT2D eigenvalue weighted by Crippen LogP contribution is -2.37. The number of rotatable bonds is 6. The average Bonchev–Trinajstić information content (AvgIpc) is 3.42. The van der Waals surface area contributed by atoms with Crippen LogP contribution in [0.3, 0.4) is 0 Å². The number of nitrogens with one attached hydrogen (secondary N) is 2. The van der Waals surface area contributed by atoms with E-state index in [2.05, 4.69) is 65.4 Å². The molecule has 2 aliphatic rings. The van der Waals surface area contributed by atoms with Crippen molar-refractivity contribution in [2.45, 2.75) is 57.9 Å². The number of primary amides is 1. The molecule has 3 heterocycles. The average molecular weight is 524 g/mol. The van der Waals surface area contributed by atoms with Gasteiger partial charge in [0.2, 0.25) is 11.1 Å². The molecule has 1 saturated heterocycles. The maximum Gasteiger partial charge on any atom is 0.396 e. The molecule has 0 radical (unpaired) electrons. The van der Waals surface area contributed by atoms with Crippen molar-refractivity contribution in [3.8, 4) is 5.69 Å². The summed E-state index contributed by atoms with van der Waals surface area (Å²) in [5.74, 6) is 0.330. The quantitative estimate of drug-likeness (QED) is 0.395. The van der Waals surface area contributed by atoms with Crippen LogP contribution in [0.25, 0.3) is 16.7 Å². The molecule has 8 heteroatoms. The molecule has 0 spiro atoms. The van der Waals surface area contributed by atoms with E-state index in [1.165, 1.54) is 35.7 Å². The van der Waals surface area contributed by atoms with Gasteiger partial charge in [-0.2, -0.15) is 0 Å². The first-order chi connectivity index (χ1) is 18.9. The number of aryl methyl sites for hydroxylation is 2. The van der Waals surface area contributed by atoms with E-state index in [-0.39, 0.29) is 5.56 Å². The Balaban J connectivity index is 1.31. The van der Waals surface area contributed by atoms with Crippen molar-refractivity contribution in [2.24, 2.45) is 5.73 Å². The fourth-order valence-corrected chi connectivity index (χ4v) is 6.02. The third kappa shape index (κ3) is 4.92. The van der Waals surface area contributed by atoms with Gasteiger partial charge in [0.25, 0.3) is 5.91 Å². The van der Waals surface area contributed by atoms with Gasteiger partial charge in [-0.3, -0.25) is 14.2 Å². The number of carbonyl (C=O) groups excluding carboxylic acids is 1. The van der Waals surface area contributed by atoms with E-state index in [1.54, 1.807) is 10.8 Å². The third-order valence-electron chi connectivity index (χ3n) is 8.32. The van der Waals surface area contributed by atoms with Crippen molar-refractivity contribution < 1.29 is 9.78 Å². The first kappa shape index (κ1) is 25.2. The van der Waals surface area contributed by atoms with Gasteiger partial charge < -0.3 is 10.6 Å². The maximum atomic E-state index is 13.1. The van der Waals surface area contributed by atoms with Crippen molar-refractivity contribution in [1.29, 1.82) is 0 Å². The van der Waals surface area contributed by atoms with E-state index in [0.717, 1.165) is 43.7 Å². The molecule has 0 saturated carbocycles. The van der Waals surface area contributed by atoms with Crippen LogP contribution in [-0.2, 0) is 12.8 Å². The highest BCUT2D eigenvalue weighted by Crippen LogP contribution is 2.30. The first-order valence-corrected chi connectivity index (χ1v) is 13.9. The van der Waals surface area contributed by atoms with Crippen molar-refractivity contribution in [3.63, 3.8) is 0 Å². The van der Waals surface area contributed by atoms with Gasteiger partial charge in [0, 0.05) is 17.9 Å². The summed E-state index contributed by atoms with van der Waals surface area (Å²) in [6, 6.07) is 15.4. The minimum Gasteiger partial charge on any atom is -0.365 e. The number of carbonyl (C=O) groups is 1. The van der Waals surface area contributed by atoms with Crippen LogP contribution in [-0.4, -0.2) is 39.5 Å². The Morgan fingerprint density at radius 2 is 1.82 bits per heavy atom. The molecule has 6 rings (SSSR count). The lowest BCUT2D eigenvalue weighted by atomic mass is 9.89. The Hall–Kier alpha value is -4.04. The monoisotopic (exact) mass is 523 g/mol. The highest BCUT2D eigenvalue weighted by molar-refractivity contribution is 5.96. The van der Waals surface area contributed by atoms with Crippen molar-refractivity contribution in [3.05, 3.63) is 87.3 Å². The lowest BCUT2D eigenvalue weighted by Gasteiger charge is -2.34. The van der Waals surface area contributed by atoms with Gasteiger partial charge in [0.15, 0.2) is 0 Å². The van der Waals surface area contributed by atoms with Gasteiger partial charge in [0.05, 0.1) is 11.9 Å². The predicted octanol–water partition coefficient (Wildman–Crippen LogP) is 4.12. The molecule has 4 aromatic rings. The van der Waals surface area contributed by atoms with E-state index >= 15 is 0 Å². The summed E-state index contributed by atoms with van der Waals surface area (Å²) in [6.45, 7) is 6.81. The highest BCUT2D eigenvalue weighted by Gasteiger charge is 2.23. The van der Waals surface area contributed by atoms with E-state index < -0.39 is 11.3 Å². The standard InChI is InChI=1S/C31H34N6O2/c1-19(2)36-14-12-22(13-15-36)21-6-9-24(10-7-21)34-31-33-17-26-28(38)27(29(32)39)18-37(30(26)35-31)25-11-8-20-4-3-5-23(20)16-25/h6-11,16-19,22H,3-5,12-15H2,1-2H3,(H2,32,39)(H,33,34,35)/p+1. The second-order valence-electron chi connectivity index (χ2n) is 11.1. The Morgan fingerprint density at radius 1 is 1.08 bits per heavy atom. The summed E-state index contributed by atoms with van der Waals surface area (Å²) in [5, 5.41) is 3.65. The van der Waals surface area contributed by atoms with Crippen molar-refractivity contribution in [1.82, 2.24) is 14.5 Å². The van der Waals surface area contributed by atoms with Gasteiger partial charge >= 0.3 is 5.95 Å². The van der Waals surface area contributed by atoms with Crippen molar-refractivity contribution in [2.75, 3.05) is 18.4 Å². The zero-order valence-corrected chi connectivity index (χ0v) is 22.5. The van der Waals surface area contributed by atoms with Crippen molar-refractivity contribution >= 4 is 28.6 Å². The summed E-state index contributed by atoms with van der Waals surface area (Å²) in [5.41, 5.74) is 11.3. The van der Waals surface area contributed by atoms with Crippen LogP contribution >= 0.6 is 0 Å². The summed E-state index contributed by atoms with van der Waals surface area (Å²) in [4.78, 5) is 35.6. The van der Waals surface area contributed by atoms with Gasteiger partial charge in [0.1, 0.15) is 10.9 Å². The first-order valence-electron chi connectivity index (χ1n) is 13.9. The Kier molecular flexibility index (Phi) is 6.64. The van der Waals surface area contributed by atoms with Crippen LogP contribution in [0.1, 0.15) is 66.1 Å². The minimum atomic E-state index is -0.756. The van der Waals surface area contributed by atoms with Gasteiger partial charge in [-0.05, 0) is 106 Å². The Morgan fingerprint density at radius 3 is 2.54 bits per heavy atom. The molecule has 0 bridgehead atoms. The number of aromatic amines is 1. The Bertz CT molecular complexity index is 1600. The maximum absolute atomic E-state index is 13.1. The van der Waals surface area contributed by atoms with Gasteiger partial charge in [-0.1, -0.05) is 23.2 Å². The number of likely N-dealkylation sites (tertiary alicyclic amines) is 1. The fraction of sp³-hybridized carbons (Fsp3) is 0.355. The van der Waals surface area contributed by atoms with Crippen LogP contribution in [0.4, 0.5) is 11.6 Å². The summed E-state index contributed by atoms with van der Waals surface area (Å²) in [6.07, 6.45) is 8.69. The number of piperidine rings is 1. The van der Waals surface area contributed by atoms with Crippen LogP contribution in [0.5, 0.6) is 0 Å². The second kappa shape index (κ2) is 10.3. The molecular weight excluding hydrogens is 488 g/mol. The molecule has 39 heavy (non-hydrogen) atoms.